The zero-order chi connectivity index (χ0) is 51.4. The van der Waals surface area contributed by atoms with Gasteiger partial charge < -0.3 is 33.2 Å². The molecule has 12 heteroatoms. The van der Waals surface area contributed by atoms with E-state index in [0.29, 0.717) is 60.2 Å². The molecule has 0 saturated carbocycles. The van der Waals surface area contributed by atoms with E-state index in [4.69, 9.17) is 38.4 Å². The number of carbonyl (C=O) groups excluding carboxylic acids is 2. The highest BCUT2D eigenvalue weighted by Crippen LogP contribution is 2.27. The van der Waals surface area contributed by atoms with Gasteiger partial charge in [0.2, 0.25) is 0 Å². The molecule has 0 bridgehead atoms. The minimum atomic E-state index is -0.443. The monoisotopic (exact) mass is 996 g/mol. The fourth-order valence-electron chi connectivity index (χ4n) is 7.91. The number of azo groups is 1. The average Bonchev–Trinajstić information content (AvgIpc) is 3.41. The quantitative estimate of drug-likeness (QED) is 0.0161. The summed E-state index contributed by atoms with van der Waals surface area (Å²) in [6.45, 7) is 5.18. The fraction of sp³-hybridized carbons (Fsp3) is 0.459. The van der Waals surface area contributed by atoms with Crippen molar-refractivity contribution in [1.29, 1.82) is 5.26 Å². The Morgan fingerprint density at radius 3 is 1.16 bits per heavy atom. The van der Waals surface area contributed by atoms with E-state index in [-0.39, 0.29) is 5.78 Å². The highest BCUT2D eigenvalue weighted by molar-refractivity contribution is 5.98. The lowest BCUT2D eigenvalue weighted by molar-refractivity contribution is 0.0497. The van der Waals surface area contributed by atoms with Gasteiger partial charge >= 0.3 is 5.97 Å². The number of hydrogen-bond donors (Lipinski definition) is 0. The molecule has 5 rings (SSSR count). The molecule has 0 aliphatic heterocycles. The first kappa shape index (κ1) is 57.2. The normalized spacial score (nSPS) is 11.0. The number of ketones is 1. The second kappa shape index (κ2) is 35.4. The number of rotatable bonds is 39. The van der Waals surface area contributed by atoms with Gasteiger partial charge in [-0.3, -0.25) is 4.79 Å². The number of benzene rings is 5. The minimum Gasteiger partial charge on any atom is -0.494 e. The maximum atomic E-state index is 12.9. The summed E-state index contributed by atoms with van der Waals surface area (Å²) in [4.78, 5) is 25.2. The van der Waals surface area contributed by atoms with Crippen molar-refractivity contribution >= 4 is 23.1 Å². The van der Waals surface area contributed by atoms with Crippen molar-refractivity contribution in [2.45, 2.75) is 135 Å². The third-order valence-corrected chi connectivity index (χ3v) is 12.2. The van der Waals surface area contributed by atoms with E-state index < -0.39 is 5.97 Å². The third-order valence-electron chi connectivity index (χ3n) is 12.2. The van der Waals surface area contributed by atoms with Crippen LogP contribution in [0.5, 0.6) is 34.5 Å². The first-order valence-corrected chi connectivity index (χ1v) is 26.6. The van der Waals surface area contributed by atoms with Gasteiger partial charge in [-0.25, -0.2) is 4.79 Å². The molecule has 0 fully saturated rings. The molecule has 73 heavy (non-hydrogen) atoms. The van der Waals surface area contributed by atoms with Crippen LogP contribution in [0.1, 0.15) is 162 Å². The van der Waals surface area contributed by atoms with Crippen LogP contribution < -0.4 is 23.7 Å². The van der Waals surface area contributed by atoms with E-state index in [1.807, 2.05) is 72.8 Å². The SMILES string of the molecule is COCCCCCCCCCCOc1ccc(Oc2ccc(OCCCCCCCCCCOC(=O)c3cc(OCCCCCCOc4ccc(N=Nc5ccc(C#N)cc5)cc4)cc(C(C)=O)c3)cc2)cc1. The summed E-state index contributed by atoms with van der Waals surface area (Å²) in [6.07, 6.45) is 22.0. The number of esters is 1. The number of ether oxygens (including phenoxy) is 7. The summed E-state index contributed by atoms with van der Waals surface area (Å²) in [5.74, 6) is 3.92. The van der Waals surface area contributed by atoms with E-state index in [0.717, 1.165) is 119 Å². The van der Waals surface area contributed by atoms with Crippen LogP contribution in [0, 0.1) is 11.3 Å². The van der Waals surface area contributed by atoms with Crippen molar-refractivity contribution in [3.8, 4) is 40.6 Å². The van der Waals surface area contributed by atoms with Gasteiger partial charge in [-0.15, -0.1) is 0 Å². The first-order valence-electron chi connectivity index (χ1n) is 26.6. The summed E-state index contributed by atoms with van der Waals surface area (Å²) in [7, 11) is 1.77. The number of nitrogens with zero attached hydrogens (tertiary/aromatic N) is 3. The van der Waals surface area contributed by atoms with Crippen molar-refractivity contribution in [3.05, 3.63) is 132 Å². The maximum Gasteiger partial charge on any atom is 0.338 e. The lowest BCUT2D eigenvalue weighted by atomic mass is 10.1. The number of methoxy groups -OCH3 is 1. The molecule has 5 aromatic rings. The largest absolute Gasteiger partial charge is 0.494 e. The molecule has 12 nitrogen and oxygen atoms in total. The highest BCUT2D eigenvalue weighted by atomic mass is 16.5. The third kappa shape index (κ3) is 24.5. The lowest BCUT2D eigenvalue weighted by Crippen LogP contribution is -2.09. The van der Waals surface area contributed by atoms with Crippen LogP contribution in [-0.4, -0.2) is 58.5 Å². The molecule has 0 saturated heterocycles. The minimum absolute atomic E-state index is 0.137. The van der Waals surface area contributed by atoms with Crippen molar-refractivity contribution in [3.63, 3.8) is 0 Å². The molecule has 0 atom stereocenters. The number of nitriles is 1. The summed E-state index contributed by atoms with van der Waals surface area (Å²) in [5.41, 5.74) is 2.72. The Balaban J connectivity index is 0.828. The van der Waals surface area contributed by atoms with E-state index in [1.165, 1.54) is 58.3 Å². The molecule has 0 N–H and O–H groups in total. The van der Waals surface area contributed by atoms with Gasteiger partial charge in [0.1, 0.15) is 34.5 Å². The number of hydrogen-bond acceptors (Lipinski definition) is 12. The van der Waals surface area contributed by atoms with E-state index in [2.05, 4.69) is 16.3 Å². The van der Waals surface area contributed by atoms with Crippen molar-refractivity contribution < 1.29 is 42.7 Å². The Labute approximate surface area is 434 Å². The summed E-state index contributed by atoms with van der Waals surface area (Å²) < 4.78 is 40.5. The van der Waals surface area contributed by atoms with Gasteiger partial charge in [0, 0.05) is 19.3 Å². The molecule has 0 spiro atoms. The molecular formula is C61H77N3O9. The number of carbonyl (C=O) groups is 2. The van der Waals surface area contributed by atoms with Crippen LogP contribution in [0.3, 0.4) is 0 Å². The van der Waals surface area contributed by atoms with E-state index in [9.17, 15) is 9.59 Å². The molecule has 0 amide bonds. The summed E-state index contributed by atoms with van der Waals surface area (Å²) >= 11 is 0. The standard InChI is InChI=1S/C61H77N3O9/c1-49(65)51-45-52(47-60(46-51)71-43-21-16-15-20-42-68-55-29-27-54(28-30-55)64-63-53-25-23-50(48-62)24-26-53)61(66)72-44-22-14-10-6-5-9-13-19-41-70-57-33-37-59(38-34-57)73-58-35-31-56(32-36-58)69-40-18-12-8-4-3-7-11-17-39-67-2/h23-38,45-47H,3-22,39-44H2,1-2H3. The summed E-state index contributed by atoms with van der Waals surface area (Å²) in [5, 5.41) is 17.4. The molecule has 0 aliphatic carbocycles. The molecule has 390 valence electrons. The second-order valence-electron chi connectivity index (χ2n) is 18.3. The molecule has 0 aromatic heterocycles. The van der Waals surface area contributed by atoms with Gasteiger partial charge in [0.15, 0.2) is 5.78 Å². The van der Waals surface area contributed by atoms with Gasteiger partial charge in [-0.1, -0.05) is 77.0 Å². The smallest absolute Gasteiger partial charge is 0.338 e. The summed E-state index contributed by atoms with van der Waals surface area (Å²) in [6, 6.07) is 37.0. The predicted molar refractivity (Wildman–Crippen MR) is 288 cm³/mol. The van der Waals surface area contributed by atoms with Crippen LogP contribution in [0.2, 0.25) is 0 Å². The van der Waals surface area contributed by atoms with Gasteiger partial charge in [0.05, 0.1) is 61.6 Å². The molecule has 0 unspecified atom stereocenters. The van der Waals surface area contributed by atoms with Gasteiger partial charge in [0.25, 0.3) is 0 Å². The Bertz CT molecular complexity index is 2360. The highest BCUT2D eigenvalue weighted by Gasteiger charge is 2.13. The van der Waals surface area contributed by atoms with Gasteiger partial charge in [-0.05, 0) is 174 Å². The Morgan fingerprint density at radius 2 is 0.753 bits per heavy atom. The van der Waals surface area contributed by atoms with Crippen LogP contribution in [-0.2, 0) is 9.47 Å². The zero-order valence-electron chi connectivity index (χ0n) is 43.4. The van der Waals surface area contributed by atoms with Crippen LogP contribution in [0.15, 0.2) is 125 Å². The van der Waals surface area contributed by atoms with E-state index >= 15 is 0 Å². The average molecular weight is 996 g/mol. The van der Waals surface area contributed by atoms with Crippen LogP contribution >= 0.6 is 0 Å². The molecule has 0 radical (unpaired) electrons. The Kier molecular flexibility index (Phi) is 27.7. The van der Waals surface area contributed by atoms with Crippen molar-refractivity contribution in [2.24, 2.45) is 10.2 Å². The van der Waals surface area contributed by atoms with Crippen LogP contribution in [0.4, 0.5) is 11.4 Å². The molecule has 0 heterocycles. The lowest BCUT2D eigenvalue weighted by Gasteiger charge is -2.11. The zero-order valence-corrected chi connectivity index (χ0v) is 43.4. The molecule has 5 aromatic carbocycles. The second-order valence-corrected chi connectivity index (χ2v) is 18.3. The predicted octanol–water partition coefficient (Wildman–Crippen LogP) is 16.5. The molecular weight excluding hydrogens is 919 g/mol. The Morgan fingerprint density at radius 1 is 0.411 bits per heavy atom. The first-order chi connectivity index (χ1) is 35.9. The Hall–Kier alpha value is -6.71. The van der Waals surface area contributed by atoms with Crippen molar-refractivity contribution in [2.75, 3.05) is 46.8 Å². The van der Waals surface area contributed by atoms with Crippen molar-refractivity contribution in [1.82, 2.24) is 0 Å². The topological polar surface area (TPSA) is 147 Å². The van der Waals surface area contributed by atoms with Gasteiger partial charge in [-0.2, -0.15) is 15.5 Å². The maximum absolute atomic E-state index is 12.9. The molecule has 0 aliphatic rings. The number of Topliss-reactive ketones (excluding diaryl/α,β-unsaturated/α-hetero) is 1. The number of unbranched alkanes of at least 4 members (excludes halogenated alkanes) is 17. The van der Waals surface area contributed by atoms with E-state index in [1.54, 1.807) is 49.6 Å². The fourth-order valence-corrected chi connectivity index (χ4v) is 7.91. The van der Waals surface area contributed by atoms with Crippen LogP contribution in [0.25, 0.3) is 0 Å².